The van der Waals surface area contributed by atoms with Crippen LogP contribution in [0.25, 0.3) is 0 Å². The second-order valence-electron chi connectivity index (χ2n) is 6.20. The maximum absolute atomic E-state index is 11.7. The topological polar surface area (TPSA) is 90.8 Å². The van der Waals surface area contributed by atoms with Gasteiger partial charge in [-0.2, -0.15) is 0 Å². The van der Waals surface area contributed by atoms with Gasteiger partial charge in [0.2, 0.25) is 0 Å². The molecular weight excluding hydrogens is 308 g/mol. The Morgan fingerprint density at radius 3 is 2.42 bits per heavy atom. The molecule has 6 heteroatoms. The standard InChI is InChI=1S/C18H22N2O4/c1-18(2,11-14-8-9-15(21)16(22)10-14)20-19-17(23)24-12-13-6-4-3-5-7-13/h3-10,20-22H,11-12H2,1-2H3,(H,19,23). The number of benzene rings is 2. The molecule has 0 radical (unpaired) electrons. The number of hydrogen-bond donors (Lipinski definition) is 4. The van der Waals surface area contributed by atoms with Gasteiger partial charge < -0.3 is 14.9 Å². The third-order valence-corrected chi connectivity index (χ3v) is 3.40. The minimum absolute atomic E-state index is 0.160. The third kappa shape index (κ3) is 5.48. The van der Waals surface area contributed by atoms with E-state index in [2.05, 4.69) is 10.9 Å². The van der Waals surface area contributed by atoms with Crippen molar-refractivity contribution in [2.75, 3.05) is 0 Å². The monoisotopic (exact) mass is 330 g/mol. The average Bonchev–Trinajstić information content (AvgIpc) is 2.55. The van der Waals surface area contributed by atoms with Gasteiger partial charge >= 0.3 is 6.09 Å². The molecule has 0 bridgehead atoms. The molecule has 0 saturated carbocycles. The number of ether oxygens (including phenoxy) is 1. The molecule has 0 aromatic heterocycles. The molecule has 0 spiro atoms. The summed E-state index contributed by atoms with van der Waals surface area (Å²) in [7, 11) is 0. The molecule has 2 aromatic rings. The van der Waals surface area contributed by atoms with Crippen LogP contribution in [-0.2, 0) is 17.8 Å². The zero-order valence-corrected chi connectivity index (χ0v) is 13.7. The molecule has 0 atom stereocenters. The van der Waals surface area contributed by atoms with E-state index in [1.807, 2.05) is 44.2 Å². The summed E-state index contributed by atoms with van der Waals surface area (Å²) in [6.45, 7) is 3.99. The fourth-order valence-electron chi connectivity index (χ4n) is 2.21. The van der Waals surface area contributed by atoms with E-state index in [4.69, 9.17) is 4.74 Å². The highest BCUT2D eigenvalue weighted by Gasteiger charge is 2.20. The highest BCUT2D eigenvalue weighted by atomic mass is 16.6. The van der Waals surface area contributed by atoms with Crippen molar-refractivity contribution in [2.24, 2.45) is 0 Å². The van der Waals surface area contributed by atoms with Gasteiger partial charge in [0.1, 0.15) is 6.61 Å². The number of hydrazine groups is 1. The first-order valence-electron chi connectivity index (χ1n) is 7.60. The molecule has 0 aliphatic carbocycles. The Labute approximate surface area is 141 Å². The number of carbonyl (C=O) groups is 1. The zero-order valence-electron chi connectivity index (χ0n) is 13.7. The van der Waals surface area contributed by atoms with Gasteiger partial charge in [-0.1, -0.05) is 36.4 Å². The smallest absolute Gasteiger partial charge is 0.421 e. The van der Waals surface area contributed by atoms with Crippen LogP contribution in [0.3, 0.4) is 0 Å². The highest BCUT2D eigenvalue weighted by Crippen LogP contribution is 2.26. The summed E-state index contributed by atoms with van der Waals surface area (Å²) in [5, 5.41) is 18.9. The van der Waals surface area contributed by atoms with Crippen LogP contribution in [0.15, 0.2) is 48.5 Å². The molecule has 0 unspecified atom stereocenters. The van der Waals surface area contributed by atoms with Crippen LogP contribution in [0, 0.1) is 0 Å². The van der Waals surface area contributed by atoms with Crippen LogP contribution in [0.2, 0.25) is 0 Å². The van der Waals surface area contributed by atoms with Crippen LogP contribution in [0.4, 0.5) is 4.79 Å². The van der Waals surface area contributed by atoms with Gasteiger partial charge in [0.25, 0.3) is 0 Å². The lowest BCUT2D eigenvalue weighted by Gasteiger charge is -2.26. The number of rotatable bonds is 6. The lowest BCUT2D eigenvalue weighted by Crippen LogP contribution is -2.51. The Morgan fingerprint density at radius 2 is 1.75 bits per heavy atom. The first-order chi connectivity index (χ1) is 11.4. The Bertz CT molecular complexity index is 687. The molecule has 1 amide bonds. The number of hydrogen-bond acceptors (Lipinski definition) is 5. The zero-order chi connectivity index (χ0) is 17.6. The molecule has 2 aromatic carbocycles. The molecule has 0 heterocycles. The summed E-state index contributed by atoms with van der Waals surface area (Å²) in [4.78, 5) is 11.7. The van der Waals surface area contributed by atoms with Crippen molar-refractivity contribution in [1.29, 1.82) is 0 Å². The van der Waals surface area contributed by atoms with Crippen LogP contribution in [-0.4, -0.2) is 21.8 Å². The predicted molar refractivity (Wildman–Crippen MR) is 90.5 cm³/mol. The van der Waals surface area contributed by atoms with Crippen LogP contribution in [0.1, 0.15) is 25.0 Å². The minimum atomic E-state index is -0.569. The van der Waals surface area contributed by atoms with Gasteiger partial charge in [-0.15, -0.1) is 0 Å². The van der Waals surface area contributed by atoms with Crippen molar-refractivity contribution < 1.29 is 19.7 Å². The number of amides is 1. The van der Waals surface area contributed by atoms with E-state index in [9.17, 15) is 15.0 Å². The van der Waals surface area contributed by atoms with E-state index in [-0.39, 0.29) is 18.1 Å². The molecule has 0 fully saturated rings. The number of nitrogens with one attached hydrogen (secondary N) is 2. The molecule has 128 valence electrons. The fourth-order valence-corrected chi connectivity index (χ4v) is 2.21. The van der Waals surface area contributed by atoms with Gasteiger partial charge in [0.05, 0.1) is 0 Å². The molecule has 0 aliphatic heterocycles. The van der Waals surface area contributed by atoms with Crippen molar-refractivity contribution in [3.05, 3.63) is 59.7 Å². The lowest BCUT2D eigenvalue weighted by molar-refractivity contribution is 0.129. The Morgan fingerprint density at radius 1 is 1.04 bits per heavy atom. The van der Waals surface area contributed by atoms with Crippen molar-refractivity contribution in [1.82, 2.24) is 10.9 Å². The SMILES string of the molecule is CC(C)(Cc1ccc(O)c(O)c1)NNC(=O)OCc1ccccc1. The summed E-state index contributed by atoms with van der Waals surface area (Å²) in [5.41, 5.74) is 6.68. The molecule has 0 aliphatic rings. The summed E-state index contributed by atoms with van der Waals surface area (Å²) in [5.74, 6) is -0.328. The van der Waals surface area contributed by atoms with Gasteiger partial charge in [0, 0.05) is 5.54 Å². The van der Waals surface area contributed by atoms with Crippen molar-refractivity contribution in [2.45, 2.75) is 32.4 Å². The first kappa shape index (κ1) is 17.6. The number of carbonyl (C=O) groups excluding carboxylic acids is 1. The van der Waals surface area contributed by atoms with E-state index in [1.54, 1.807) is 6.07 Å². The maximum atomic E-state index is 11.7. The molecule has 24 heavy (non-hydrogen) atoms. The van der Waals surface area contributed by atoms with E-state index < -0.39 is 11.6 Å². The summed E-state index contributed by atoms with van der Waals surface area (Å²) in [6, 6.07) is 14.1. The van der Waals surface area contributed by atoms with E-state index in [1.165, 1.54) is 12.1 Å². The second kappa shape index (κ2) is 7.70. The van der Waals surface area contributed by atoms with Crippen molar-refractivity contribution >= 4 is 6.09 Å². The Kier molecular flexibility index (Phi) is 5.65. The average molecular weight is 330 g/mol. The molecule has 6 nitrogen and oxygen atoms in total. The van der Waals surface area contributed by atoms with Crippen LogP contribution in [0.5, 0.6) is 11.5 Å². The third-order valence-electron chi connectivity index (χ3n) is 3.40. The van der Waals surface area contributed by atoms with E-state index in [0.29, 0.717) is 6.42 Å². The van der Waals surface area contributed by atoms with Crippen LogP contribution < -0.4 is 10.9 Å². The van der Waals surface area contributed by atoms with Gasteiger partial charge in [-0.3, -0.25) is 5.43 Å². The normalized spacial score (nSPS) is 11.1. The number of aromatic hydroxyl groups is 2. The van der Waals surface area contributed by atoms with Crippen LogP contribution >= 0.6 is 0 Å². The molecule has 2 rings (SSSR count). The van der Waals surface area contributed by atoms with Gasteiger partial charge in [-0.25, -0.2) is 10.2 Å². The predicted octanol–water partition coefficient (Wildman–Crippen LogP) is 2.85. The van der Waals surface area contributed by atoms with Crippen molar-refractivity contribution in [3.63, 3.8) is 0 Å². The quantitative estimate of drug-likeness (QED) is 0.483. The maximum Gasteiger partial charge on any atom is 0.421 e. The largest absolute Gasteiger partial charge is 0.504 e. The molecule has 4 N–H and O–H groups in total. The number of phenols is 2. The summed E-state index contributed by atoms with van der Waals surface area (Å²) >= 11 is 0. The lowest BCUT2D eigenvalue weighted by atomic mass is 9.95. The summed E-state index contributed by atoms with van der Waals surface area (Å²) < 4.78 is 5.12. The number of phenolic OH excluding ortho intramolecular Hbond substituents is 2. The first-order valence-corrected chi connectivity index (χ1v) is 7.60. The highest BCUT2D eigenvalue weighted by molar-refractivity contribution is 5.66. The second-order valence-corrected chi connectivity index (χ2v) is 6.20. The van der Waals surface area contributed by atoms with E-state index >= 15 is 0 Å². The minimum Gasteiger partial charge on any atom is -0.504 e. The van der Waals surface area contributed by atoms with Gasteiger partial charge in [0.15, 0.2) is 11.5 Å². The van der Waals surface area contributed by atoms with Crippen molar-refractivity contribution in [3.8, 4) is 11.5 Å². The Hall–Kier alpha value is -2.73. The molecule has 0 saturated heterocycles. The fraction of sp³-hybridized carbons (Fsp3) is 0.278. The Balaban J connectivity index is 1.80. The van der Waals surface area contributed by atoms with E-state index in [0.717, 1.165) is 11.1 Å². The summed E-state index contributed by atoms with van der Waals surface area (Å²) in [6.07, 6.45) is -0.0414. The molecular formula is C18H22N2O4. The van der Waals surface area contributed by atoms with Gasteiger partial charge in [-0.05, 0) is 43.5 Å².